The molecule has 29 heavy (non-hydrogen) atoms. The van der Waals surface area contributed by atoms with Gasteiger partial charge in [-0.1, -0.05) is 30.0 Å². The Labute approximate surface area is 169 Å². The zero-order valence-electron chi connectivity index (χ0n) is 14.9. The summed E-state index contributed by atoms with van der Waals surface area (Å²) >= 11 is 1.09. The fourth-order valence-corrected chi connectivity index (χ4v) is 3.60. The Morgan fingerprint density at radius 1 is 1.17 bits per heavy atom. The predicted octanol–water partition coefficient (Wildman–Crippen LogP) is 2.66. The van der Waals surface area contributed by atoms with Crippen molar-refractivity contribution in [2.45, 2.75) is 6.17 Å². The molecule has 0 aliphatic carbocycles. The molecule has 10 heteroatoms. The van der Waals surface area contributed by atoms with Crippen molar-refractivity contribution < 1.29 is 18.4 Å². The number of carbonyl (C=O) groups is 2. The predicted molar refractivity (Wildman–Crippen MR) is 107 cm³/mol. The van der Waals surface area contributed by atoms with E-state index in [1.54, 1.807) is 17.3 Å². The van der Waals surface area contributed by atoms with Crippen molar-refractivity contribution in [3.8, 4) is 0 Å². The number of benzene rings is 2. The van der Waals surface area contributed by atoms with Crippen LogP contribution in [0.2, 0.25) is 0 Å². The van der Waals surface area contributed by atoms with Crippen LogP contribution in [0.1, 0.15) is 0 Å². The van der Waals surface area contributed by atoms with Gasteiger partial charge in [-0.25, -0.2) is 8.78 Å². The van der Waals surface area contributed by atoms with Gasteiger partial charge in [0, 0.05) is 24.2 Å². The lowest BCUT2D eigenvalue weighted by atomic mass is 10.2. The Balaban J connectivity index is 1.37. The number of halogens is 2. The van der Waals surface area contributed by atoms with E-state index in [2.05, 4.69) is 15.8 Å². The van der Waals surface area contributed by atoms with Gasteiger partial charge in [0.2, 0.25) is 12.1 Å². The van der Waals surface area contributed by atoms with Gasteiger partial charge in [0.25, 0.3) is 5.91 Å². The molecule has 0 bridgehead atoms. The molecular formula is C19H15F2N5O2S. The molecule has 2 aromatic carbocycles. The first-order valence-corrected chi connectivity index (χ1v) is 9.57. The van der Waals surface area contributed by atoms with E-state index < -0.39 is 23.7 Å². The van der Waals surface area contributed by atoms with Crippen molar-refractivity contribution in [2.75, 3.05) is 16.0 Å². The number of hydrazone groups is 1. The molecule has 2 N–H and O–H groups in total. The van der Waals surface area contributed by atoms with Crippen LogP contribution < -0.4 is 15.6 Å². The highest BCUT2D eigenvalue weighted by molar-refractivity contribution is 8.14. The smallest absolute Gasteiger partial charge is 0.276 e. The standard InChI is InChI=1S/C19H15F2N5O2S/c20-12-6-7-15(14(21)10-12)22-16(27)11-29-19-24-23-17-18(28)25(8-9-26(17)19)13-4-2-1-3-5-13/h1-10,17,23H,11H2,(H,22,27). The molecule has 2 amide bonds. The van der Waals surface area contributed by atoms with Crippen LogP contribution in [0.15, 0.2) is 66.0 Å². The highest BCUT2D eigenvalue weighted by Gasteiger charge is 2.38. The van der Waals surface area contributed by atoms with Crippen LogP contribution >= 0.6 is 11.8 Å². The summed E-state index contributed by atoms with van der Waals surface area (Å²) in [7, 11) is 0. The van der Waals surface area contributed by atoms with Gasteiger partial charge >= 0.3 is 0 Å². The second kappa shape index (κ2) is 7.92. The number of amides is 2. The number of fused-ring (bicyclic) bond motifs is 1. The largest absolute Gasteiger partial charge is 0.323 e. The Morgan fingerprint density at radius 2 is 1.97 bits per heavy atom. The van der Waals surface area contributed by atoms with Crippen molar-refractivity contribution >= 4 is 40.1 Å². The first-order chi connectivity index (χ1) is 14.0. The van der Waals surface area contributed by atoms with Gasteiger partial charge in [-0.3, -0.25) is 24.8 Å². The van der Waals surface area contributed by atoms with Crippen LogP contribution in [0.25, 0.3) is 0 Å². The lowest BCUT2D eigenvalue weighted by Gasteiger charge is -2.31. The van der Waals surface area contributed by atoms with Crippen LogP contribution in [0.5, 0.6) is 0 Å². The van der Waals surface area contributed by atoms with E-state index in [0.29, 0.717) is 11.2 Å². The fraction of sp³-hybridized carbons (Fsp3) is 0.105. The second-order valence-corrected chi connectivity index (χ2v) is 7.08. The van der Waals surface area contributed by atoms with Gasteiger partial charge in [0.1, 0.15) is 11.6 Å². The molecule has 7 nitrogen and oxygen atoms in total. The molecule has 0 spiro atoms. The molecule has 2 aliphatic rings. The molecule has 1 unspecified atom stereocenters. The van der Waals surface area contributed by atoms with Gasteiger partial charge in [-0.2, -0.15) is 5.10 Å². The number of carbonyl (C=O) groups excluding carboxylic acids is 2. The summed E-state index contributed by atoms with van der Waals surface area (Å²) in [6.45, 7) is 0. The maximum Gasteiger partial charge on any atom is 0.276 e. The van der Waals surface area contributed by atoms with Crippen molar-refractivity contribution in [2.24, 2.45) is 5.10 Å². The highest BCUT2D eigenvalue weighted by atomic mass is 32.2. The van der Waals surface area contributed by atoms with Gasteiger partial charge < -0.3 is 5.32 Å². The molecule has 4 rings (SSSR count). The zero-order valence-corrected chi connectivity index (χ0v) is 15.7. The lowest BCUT2D eigenvalue weighted by molar-refractivity contribution is -0.122. The Bertz CT molecular complexity index is 1010. The van der Waals surface area contributed by atoms with Gasteiger partial charge in [0.15, 0.2) is 5.17 Å². The minimum Gasteiger partial charge on any atom is -0.323 e. The van der Waals surface area contributed by atoms with Crippen molar-refractivity contribution in [3.05, 3.63) is 72.6 Å². The van der Waals surface area contributed by atoms with Gasteiger partial charge in [-0.05, 0) is 24.3 Å². The monoisotopic (exact) mass is 415 g/mol. The second-order valence-electron chi connectivity index (χ2n) is 6.14. The lowest BCUT2D eigenvalue weighted by Crippen LogP contribution is -2.52. The third-order valence-corrected chi connectivity index (χ3v) is 5.17. The molecule has 148 valence electrons. The summed E-state index contributed by atoms with van der Waals surface area (Å²) in [6.07, 6.45) is 2.62. The van der Waals surface area contributed by atoms with Crippen LogP contribution in [0.4, 0.5) is 20.2 Å². The molecule has 2 aliphatic heterocycles. The van der Waals surface area contributed by atoms with Crippen LogP contribution in [0.3, 0.4) is 0 Å². The summed E-state index contributed by atoms with van der Waals surface area (Å²) in [5.74, 6) is -2.33. The Hall–Kier alpha value is -3.40. The maximum absolute atomic E-state index is 13.6. The Kier molecular flexibility index (Phi) is 5.17. The van der Waals surface area contributed by atoms with E-state index in [-0.39, 0.29) is 17.3 Å². The van der Waals surface area contributed by atoms with E-state index >= 15 is 0 Å². The average Bonchev–Trinajstić information content (AvgIpc) is 3.13. The summed E-state index contributed by atoms with van der Waals surface area (Å²) in [4.78, 5) is 28.0. The number of thioether (sulfide) groups is 1. The molecule has 0 radical (unpaired) electrons. The zero-order chi connectivity index (χ0) is 20.4. The van der Waals surface area contributed by atoms with E-state index in [9.17, 15) is 18.4 Å². The number of para-hydroxylation sites is 1. The summed E-state index contributed by atoms with van der Waals surface area (Å²) in [5.41, 5.74) is 3.39. The molecule has 0 saturated carbocycles. The minimum atomic E-state index is -0.853. The Morgan fingerprint density at radius 3 is 2.72 bits per heavy atom. The van der Waals surface area contributed by atoms with Crippen molar-refractivity contribution in [1.82, 2.24) is 10.3 Å². The molecular weight excluding hydrogens is 400 g/mol. The molecule has 2 aromatic rings. The van der Waals surface area contributed by atoms with E-state index in [1.165, 1.54) is 4.90 Å². The summed E-state index contributed by atoms with van der Waals surface area (Å²) < 4.78 is 26.6. The van der Waals surface area contributed by atoms with E-state index in [1.807, 2.05) is 30.3 Å². The molecule has 0 saturated heterocycles. The van der Waals surface area contributed by atoms with E-state index in [0.717, 1.165) is 29.6 Å². The third kappa shape index (κ3) is 3.92. The fourth-order valence-electron chi connectivity index (χ4n) is 2.83. The third-order valence-electron chi connectivity index (χ3n) is 4.20. The van der Waals surface area contributed by atoms with Crippen LogP contribution in [-0.4, -0.2) is 33.8 Å². The topological polar surface area (TPSA) is 77.0 Å². The van der Waals surface area contributed by atoms with E-state index in [4.69, 9.17) is 0 Å². The van der Waals surface area contributed by atoms with Crippen molar-refractivity contribution in [3.63, 3.8) is 0 Å². The molecule has 0 aromatic heterocycles. The molecule has 2 heterocycles. The number of anilines is 2. The number of rotatable bonds is 4. The first kappa shape index (κ1) is 18.9. The number of nitrogens with zero attached hydrogens (tertiary/aromatic N) is 3. The number of amidine groups is 1. The first-order valence-electron chi connectivity index (χ1n) is 8.58. The maximum atomic E-state index is 13.6. The highest BCUT2D eigenvalue weighted by Crippen LogP contribution is 2.25. The number of hydrogen-bond acceptors (Lipinski definition) is 6. The average molecular weight is 415 g/mol. The SMILES string of the molecule is O=C(CSC1=NNC2C(=O)N(c3ccccc3)C=CN12)Nc1ccc(F)cc1F. The minimum absolute atomic E-state index is 0.0645. The van der Waals surface area contributed by atoms with Crippen LogP contribution in [-0.2, 0) is 9.59 Å². The normalized spacial score (nSPS) is 17.7. The summed E-state index contributed by atoms with van der Waals surface area (Å²) in [5, 5.41) is 6.93. The van der Waals surface area contributed by atoms with Gasteiger partial charge in [-0.15, -0.1) is 0 Å². The number of hydrogen-bond donors (Lipinski definition) is 2. The van der Waals surface area contributed by atoms with Crippen molar-refractivity contribution in [1.29, 1.82) is 0 Å². The summed E-state index contributed by atoms with van der Waals surface area (Å²) in [6, 6.07) is 12.1. The van der Waals surface area contributed by atoms with Gasteiger partial charge in [0.05, 0.1) is 11.4 Å². The number of nitrogens with one attached hydrogen (secondary N) is 2. The molecule has 1 atom stereocenters. The quantitative estimate of drug-likeness (QED) is 0.803. The van der Waals surface area contributed by atoms with Crippen LogP contribution in [0, 0.1) is 11.6 Å². The molecule has 0 fully saturated rings.